The lowest BCUT2D eigenvalue weighted by Crippen LogP contribution is -2.14. The predicted octanol–water partition coefficient (Wildman–Crippen LogP) is 3.30. The van der Waals surface area contributed by atoms with Crippen molar-refractivity contribution in [2.24, 2.45) is 0 Å². The Morgan fingerprint density at radius 2 is 1.86 bits per heavy atom. The molecule has 0 spiro atoms. The summed E-state index contributed by atoms with van der Waals surface area (Å²) in [4.78, 5) is 0.189. The van der Waals surface area contributed by atoms with Crippen molar-refractivity contribution >= 4 is 37.3 Å². The minimum atomic E-state index is -3.68. The third-order valence-electron chi connectivity index (χ3n) is 2.85. The first-order valence-electron chi connectivity index (χ1n) is 6.11. The lowest BCUT2D eigenvalue weighted by Gasteiger charge is -2.13. The van der Waals surface area contributed by atoms with Crippen LogP contribution in [0.5, 0.6) is 5.75 Å². The molecule has 0 atom stereocenters. The second-order valence-electron chi connectivity index (χ2n) is 4.20. The van der Waals surface area contributed by atoms with Crippen molar-refractivity contribution in [3.63, 3.8) is 0 Å². The number of hydrogen-bond acceptors (Lipinski definition) is 4. The topological polar surface area (TPSA) is 67.4 Å². The lowest BCUT2D eigenvalue weighted by molar-refractivity contribution is 0.412. The molecule has 0 bridgehead atoms. The van der Waals surface area contributed by atoms with Gasteiger partial charge in [0.2, 0.25) is 0 Å². The molecule has 2 aromatic carbocycles. The molecule has 0 saturated carbocycles. The molecule has 2 N–H and O–H groups in total. The van der Waals surface area contributed by atoms with E-state index in [0.29, 0.717) is 17.1 Å². The molecule has 0 aliphatic carbocycles. The molecule has 5 nitrogen and oxygen atoms in total. The number of anilines is 2. The third-order valence-corrected chi connectivity index (χ3v) is 4.94. The summed E-state index contributed by atoms with van der Waals surface area (Å²) >= 11 is 3.33. The van der Waals surface area contributed by atoms with E-state index in [4.69, 9.17) is 4.74 Å². The first kappa shape index (κ1) is 15.7. The maximum atomic E-state index is 12.5. The van der Waals surface area contributed by atoms with E-state index in [1.807, 2.05) is 0 Å². The van der Waals surface area contributed by atoms with E-state index in [-0.39, 0.29) is 4.90 Å². The fourth-order valence-electron chi connectivity index (χ4n) is 1.84. The van der Waals surface area contributed by atoms with Gasteiger partial charge in [-0.3, -0.25) is 4.72 Å². The molecule has 0 aromatic heterocycles. The summed E-state index contributed by atoms with van der Waals surface area (Å²) in [5.41, 5.74) is 0.968. The zero-order valence-corrected chi connectivity index (χ0v) is 14.0. The fourth-order valence-corrected chi connectivity index (χ4v) is 3.51. The van der Waals surface area contributed by atoms with Crippen molar-refractivity contribution in [1.82, 2.24) is 0 Å². The van der Waals surface area contributed by atoms with Gasteiger partial charge in [0, 0.05) is 13.1 Å². The molecule has 0 heterocycles. The van der Waals surface area contributed by atoms with Gasteiger partial charge in [-0.1, -0.05) is 12.1 Å². The zero-order chi connectivity index (χ0) is 15.5. The summed E-state index contributed by atoms with van der Waals surface area (Å²) in [6.45, 7) is 0. The van der Waals surface area contributed by atoms with Crippen LogP contribution in [0, 0.1) is 0 Å². The Morgan fingerprint density at radius 1 is 1.14 bits per heavy atom. The SMILES string of the molecule is CNc1ccccc1S(=O)(=O)Nc1ccc(Br)c(OC)c1. The van der Waals surface area contributed by atoms with Gasteiger partial charge in [0.25, 0.3) is 10.0 Å². The molecule has 0 amide bonds. The normalized spacial score (nSPS) is 11.0. The maximum absolute atomic E-state index is 12.5. The van der Waals surface area contributed by atoms with E-state index in [9.17, 15) is 8.42 Å². The van der Waals surface area contributed by atoms with Gasteiger partial charge in [0.15, 0.2) is 0 Å². The van der Waals surface area contributed by atoms with E-state index in [2.05, 4.69) is 26.0 Å². The monoisotopic (exact) mass is 370 g/mol. The molecule has 0 radical (unpaired) electrons. The van der Waals surface area contributed by atoms with Gasteiger partial charge in [0.1, 0.15) is 10.6 Å². The molecule has 0 aliphatic rings. The standard InChI is InChI=1S/C14H15BrN2O3S/c1-16-12-5-3-4-6-14(12)21(18,19)17-10-7-8-11(15)13(9-10)20-2/h3-9,16-17H,1-2H3. The van der Waals surface area contributed by atoms with Crippen LogP contribution in [0.15, 0.2) is 51.8 Å². The Labute approximate surface area is 132 Å². The van der Waals surface area contributed by atoms with Crippen LogP contribution in [0.25, 0.3) is 0 Å². The van der Waals surface area contributed by atoms with Gasteiger partial charge in [-0.2, -0.15) is 0 Å². The highest BCUT2D eigenvalue weighted by atomic mass is 79.9. The van der Waals surface area contributed by atoms with E-state index >= 15 is 0 Å². The van der Waals surface area contributed by atoms with Crippen molar-refractivity contribution in [3.8, 4) is 5.75 Å². The molecular formula is C14H15BrN2O3S. The molecule has 2 aromatic rings. The molecule has 0 fully saturated rings. The number of ether oxygens (including phenoxy) is 1. The average Bonchev–Trinajstić information content (AvgIpc) is 2.49. The number of halogens is 1. The van der Waals surface area contributed by atoms with Crippen LogP contribution in [0.2, 0.25) is 0 Å². The highest BCUT2D eigenvalue weighted by Crippen LogP contribution is 2.30. The van der Waals surface area contributed by atoms with Crippen LogP contribution >= 0.6 is 15.9 Å². The Hall–Kier alpha value is -1.73. The van der Waals surface area contributed by atoms with Crippen LogP contribution in [0.3, 0.4) is 0 Å². The minimum Gasteiger partial charge on any atom is -0.495 e. The van der Waals surface area contributed by atoms with Crippen molar-refractivity contribution in [2.75, 3.05) is 24.2 Å². The summed E-state index contributed by atoms with van der Waals surface area (Å²) < 4.78 is 33.4. The van der Waals surface area contributed by atoms with E-state index in [1.165, 1.54) is 7.11 Å². The van der Waals surface area contributed by atoms with Crippen molar-refractivity contribution < 1.29 is 13.2 Å². The second-order valence-corrected chi connectivity index (χ2v) is 6.71. The number of methoxy groups -OCH3 is 1. The lowest BCUT2D eigenvalue weighted by atomic mass is 10.3. The van der Waals surface area contributed by atoms with Crippen molar-refractivity contribution in [1.29, 1.82) is 0 Å². The summed E-state index contributed by atoms with van der Waals surface area (Å²) in [7, 11) is -0.477. The number of hydrogen-bond donors (Lipinski definition) is 2. The van der Waals surface area contributed by atoms with Crippen LogP contribution in [-0.2, 0) is 10.0 Å². The highest BCUT2D eigenvalue weighted by Gasteiger charge is 2.18. The molecule has 112 valence electrons. The fraction of sp³-hybridized carbons (Fsp3) is 0.143. The number of sulfonamides is 1. The first-order valence-corrected chi connectivity index (χ1v) is 8.38. The second kappa shape index (κ2) is 6.36. The number of nitrogens with one attached hydrogen (secondary N) is 2. The highest BCUT2D eigenvalue weighted by molar-refractivity contribution is 9.10. The van der Waals surface area contributed by atoms with Gasteiger partial charge in [-0.05, 0) is 40.2 Å². The number of rotatable bonds is 5. The predicted molar refractivity (Wildman–Crippen MR) is 87.5 cm³/mol. The smallest absolute Gasteiger partial charge is 0.263 e. The molecule has 0 unspecified atom stereocenters. The third kappa shape index (κ3) is 3.48. The largest absolute Gasteiger partial charge is 0.495 e. The summed E-state index contributed by atoms with van der Waals surface area (Å²) in [5.74, 6) is 0.553. The maximum Gasteiger partial charge on any atom is 0.263 e. The molecule has 0 saturated heterocycles. The van der Waals surface area contributed by atoms with Gasteiger partial charge >= 0.3 is 0 Å². The van der Waals surface area contributed by atoms with E-state index in [1.54, 1.807) is 49.5 Å². The van der Waals surface area contributed by atoms with Gasteiger partial charge in [-0.25, -0.2) is 8.42 Å². The van der Waals surface area contributed by atoms with Crippen molar-refractivity contribution in [2.45, 2.75) is 4.90 Å². The summed E-state index contributed by atoms with van der Waals surface area (Å²) in [6, 6.07) is 11.7. The molecule has 21 heavy (non-hydrogen) atoms. The van der Waals surface area contributed by atoms with Crippen LogP contribution < -0.4 is 14.8 Å². The van der Waals surface area contributed by atoms with Gasteiger partial charge in [-0.15, -0.1) is 0 Å². The van der Waals surface area contributed by atoms with Crippen molar-refractivity contribution in [3.05, 3.63) is 46.9 Å². The van der Waals surface area contributed by atoms with Crippen LogP contribution in [0.1, 0.15) is 0 Å². The Balaban J connectivity index is 2.37. The quantitative estimate of drug-likeness (QED) is 0.847. The zero-order valence-electron chi connectivity index (χ0n) is 11.6. The summed E-state index contributed by atoms with van der Waals surface area (Å²) in [6.07, 6.45) is 0. The van der Waals surface area contributed by atoms with Gasteiger partial charge in [0.05, 0.1) is 23.0 Å². The minimum absolute atomic E-state index is 0.189. The number of para-hydroxylation sites is 1. The van der Waals surface area contributed by atoms with Crippen LogP contribution in [-0.4, -0.2) is 22.6 Å². The summed E-state index contributed by atoms with van der Waals surface area (Å²) in [5, 5.41) is 2.87. The Bertz CT molecular complexity index is 748. The molecule has 7 heteroatoms. The molecule has 2 rings (SSSR count). The molecular weight excluding hydrogens is 356 g/mol. The Kier molecular flexibility index (Phi) is 4.74. The van der Waals surface area contributed by atoms with Crippen LogP contribution in [0.4, 0.5) is 11.4 Å². The van der Waals surface area contributed by atoms with E-state index in [0.717, 1.165) is 4.47 Å². The molecule has 0 aliphatic heterocycles. The average molecular weight is 371 g/mol. The van der Waals surface area contributed by atoms with E-state index < -0.39 is 10.0 Å². The number of benzene rings is 2. The first-order chi connectivity index (χ1) is 9.97. The van der Waals surface area contributed by atoms with Gasteiger partial charge < -0.3 is 10.1 Å². The Morgan fingerprint density at radius 3 is 2.52 bits per heavy atom.